The Morgan fingerprint density at radius 3 is 3.00 bits per heavy atom. The Balaban J connectivity index is 1.84. The Kier molecular flexibility index (Phi) is 3.37. The van der Waals surface area contributed by atoms with Gasteiger partial charge in [-0.2, -0.15) is 0 Å². The van der Waals surface area contributed by atoms with Gasteiger partial charge in [-0.1, -0.05) is 0 Å². The van der Waals surface area contributed by atoms with Crippen LogP contribution in [0.15, 0.2) is 0 Å². The average Bonchev–Trinajstić information content (AvgIpc) is 2.60. The SMILES string of the molecule is O=C1CCNCCN1CC1CCNC1. The molecule has 4 heteroatoms. The molecule has 2 aliphatic heterocycles. The summed E-state index contributed by atoms with van der Waals surface area (Å²) < 4.78 is 0. The molecule has 0 aromatic rings. The summed E-state index contributed by atoms with van der Waals surface area (Å²) in [5.41, 5.74) is 0. The highest BCUT2D eigenvalue weighted by atomic mass is 16.2. The number of nitrogens with one attached hydrogen (secondary N) is 2. The molecule has 2 aliphatic rings. The summed E-state index contributed by atoms with van der Waals surface area (Å²) in [4.78, 5) is 13.7. The Bertz CT molecular complexity index is 202. The largest absolute Gasteiger partial charge is 0.341 e. The second-order valence-electron chi connectivity index (χ2n) is 4.20. The zero-order chi connectivity index (χ0) is 9.80. The molecule has 4 nitrogen and oxygen atoms in total. The van der Waals surface area contributed by atoms with E-state index in [2.05, 4.69) is 10.6 Å². The van der Waals surface area contributed by atoms with Crippen LogP contribution in [0.2, 0.25) is 0 Å². The van der Waals surface area contributed by atoms with E-state index in [0.29, 0.717) is 18.2 Å². The lowest BCUT2D eigenvalue weighted by molar-refractivity contribution is -0.130. The van der Waals surface area contributed by atoms with Gasteiger partial charge in [-0.05, 0) is 25.4 Å². The van der Waals surface area contributed by atoms with Crippen LogP contribution in [0.1, 0.15) is 12.8 Å². The van der Waals surface area contributed by atoms with Gasteiger partial charge in [0.1, 0.15) is 0 Å². The molecule has 0 saturated carbocycles. The zero-order valence-corrected chi connectivity index (χ0v) is 8.59. The van der Waals surface area contributed by atoms with Crippen molar-refractivity contribution < 1.29 is 4.79 Å². The van der Waals surface area contributed by atoms with E-state index >= 15 is 0 Å². The minimum absolute atomic E-state index is 0.321. The topological polar surface area (TPSA) is 44.4 Å². The van der Waals surface area contributed by atoms with Crippen LogP contribution >= 0.6 is 0 Å². The van der Waals surface area contributed by atoms with Gasteiger partial charge < -0.3 is 15.5 Å². The van der Waals surface area contributed by atoms with E-state index < -0.39 is 0 Å². The van der Waals surface area contributed by atoms with Gasteiger partial charge in [-0.25, -0.2) is 0 Å². The second kappa shape index (κ2) is 4.75. The minimum Gasteiger partial charge on any atom is -0.341 e. The van der Waals surface area contributed by atoms with Crippen molar-refractivity contribution in [3.05, 3.63) is 0 Å². The van der Waals surface area contributed by atoms with E-state index in [9.17, 15) is 4.79 Å². The predicted octanol–water partition coefficient (Wildman–Crippen LogP) is -0.582. The normalized spacial score (nSPS) is 29.3. The van der Waals surface area contributed by atoms with Gasteiger partial charge >= 0.3 is 0 Å². The number of nitrogens with zero attached hydrogens (tertiary/aromatic N) is 1. The summed E-state index contributed by atoms with van der Waals surface area (Å²) in [5, 5.41) is 6.59. The van der Waals surface area contributed by atoms with Crippen molar-refractivity contribution in [2.45, 2.75) is 12.8 Å². The van der Waals surface area contributed by atoms with Gasteiger partial charge in [-0.3, -0.25) is 4.79 Å². The molecule has 0 spiro atoms. The van der Waals surface area contributed by atoms with Gasteiger partial charge in [0.2, 0.25) is 5.91 Å². The molecule has 0 bridgehead atoms. The summed E-state index contributed by atoms with van der Waals surface area (Å²) in [6, 6.07) is 0. The van der Waals surface area contributed by atoms with Crippen LogP contribution in [-0.4, -0.2) is 50.1 Å². The molecular formula is C10H19N3O. The molecule has 2 heterocycles. The maximum atomic E-state index is 11.7. The summed E-state index contributed by atoms with van der Waals surface area (Å²) in [5.74, 6) is 0.999. The number of rotatable bonds is 2. The van der Waals surface area contributed by atoms with Crippen LogP contribution < -0.4 is 10.6 Å². The Hall–Kier alpha value is -0.610. The molecule has 2 saturated heterocycles. The highest BCUT2D eigenvalue weighted by molar-refractivity contribution is 5.76. The molecule has 0 radical (unpaired) electrons. The molecule has 2 N–H and O–H groups in total. The fraction of sp³-hybridized carbons (Fsp3) is 0.900. The van der Waals surface area contributed by atoms with Gasteiger partial charge in [0.15, 0.2) is 0 Å². The maximum Gasteiger partial charge on any atom is 0.223 e. The highest BCUT2D eigenvalue weighted by Gasteiger charge is 2.22. The molecule has 1 amide bonds. The van der Waals surface area contributed by atoms with E-state index in [1.54, 1.807) is 0 Å². The minimum atomic E-state index is 0.321. The van der Waals surface area contributed by atoms with Crippen molar-refractivity contribution in [3.63, 3.8) is 0 Å². The first-order valence-corrected chi connectivity index (χ1v) is 5.55. The van der Waals surface area contributed by atoms with Crippen LogP contribution in [0.5, 0.6) is 0 Å². The third-order valence-corrected chi connectivity index (χ3v) is 3.07. The van der Waals surface area contributed by atoms with E-state index in [-0.39, 0.29) is 0 Å². The Morgan fingerprint density at radius 2 is 2.21 bits per heavy atom. The fourth-order valence-corrected chi connectivity index (χ4v) is 2.19. The van der Waals surface area contributed by atoms with Crippen molar-refractivity contribution >= 4 is 5.91 Å². The molecule has 1 atom stereocenters. The summed E-state index contributed by atoms with van der Waals surface area (Å²) in [7, 11) is 0. The summed E-state index contributed by atoms with van der Waals surface area (Å²) in [6.45, 7) is 5.83. The number of amides is 1. The first-order chi connectivity index (χ1) is 6.86. The second-order valence-corrected chi connectivity index (χ2v) is 4.20. The van der Waals surface area contributed by atoms with Crippen LogP contribution in [0.4, 0.5) is 0 Å². The summed E-state index contributed by atoms with van der Waals surface area (Å²) in [6.07, 6.45) is 1.89. The molecule has 2 fully saturated rings. The van der Waals surface area contributed by atoms with Crippen LogP contribution in [-0.2, 0) is 4.79 Å². The van der Waals surface area contributed by atoms with E-state index in [1.165, 1.54) is 6.42 Å². The van der Waals surface area contributed by atoms with Crippen molar-refractivity contribution in [3.8, 4) is 0 Å². The first kappa shape index (κ1) is 9.93. The maximum absolute atomic E-state index is 11.7. The average molecular weight is 197 g/mol. The lowest BCUT2D eigenvalue weighted by Crippen LogP contribution is -2.37. The van der Waals surface area contributed by atoms with Crippen molar-refractivity contribution in [2.75, 3.05) is 39.3 Å². The number of hydrogen-bond acceptors (Lipinski definition) is 3. The lowest BCUT2D eigenvalue weighted by atomic mass is 10.1. The molecular weight excluding hydrogens is 178 g/mol. The monoisotopic (exact) mass is 197 g/mol. The number of carbonyl (C=O) groups is 1. The summed E-state index contributed by atoms with van der Waals surface area (Å²) >= 11 is 0. The lowest BCUT2D eigenvalue weighted by Gasteiger charge is -2.23. The molecule has 0 aromatic heterocycles. The number of carbonyl (C=O) groups excluding carboxylic acids is 1. The molecule has 2 rings (SSSR count). The molecule has 80 valence electrons. The standard InChI is InChI=1S/C10H19N3O/c14-10-2-4-11-5-6-13(10)8-9-1-3-12-7-9/h9,11-12H,1-8H2. The third-order valence-electron chi connectivity index (χ3n) is 3.07. The zero-order valence-electron chi connectivity index (χ0n) is 8.59. The van der Waals surface area contributed by atoms with E-state index in [1.807, 2.05) is 4.90 Å². The van der Waals surface area contributed by atoms with Gasteiger partial charge in [-0.15, -0.1) is 0 Å². The third kappa shape index (κ3) is 2.45. The van der Waals surface area contributed by atoms with Crippen molar-refractivity contribution in [1.29, 1.82) is 0 Å². The van der Waals surface area contributed by atoms with Crippen LogP contribution in [0, 0.1) is 5.92 Å². The molecule has 0 aliphatic carbocycles. The smallest absolute Gasteiger partial charge is 0.223 e. The Morgan fingerprint density at radius 1 is 1.29 bits per heavy atom. The number of hydrogen-bond donors (Lipinski definition) is 2. The van der Waals surface area contributed by atoms with Crippen LogP contribution in [0.25, 0.3) is 0 Å². The molecule has 0 aromatic carbocycles. The van der Waals surface area contributed by atoms with Gasteiger partial charge in [0.05, 0.1) is 0 Å². The predicted molar refractivity (Wildman–Crippen MR) is 55.0 cm³/mol. The molecule has 1 unspecified atom stereocenters. The van der Waals surface area contributed by atoms with Crippen LogP contribution in [0.3, 0.4) is 0 Å². The van der Waals surface area contributed by atoms with Gasteiger partial charge in [0.25, 0.3) is 0 Å². The van der Waals surface area contributed by atoms with Crippen molar-refractivity contribution in [2.24, 2.45) is 5.92 Å². The van der Waals surface area contributed by atoms with Crippen molar-refractivity contribution in [1.82, 2.24) is 15.5 Å². The molecule has 14 heavy (non-hydrogen) atoms. The quantitative estimate of drug-likeness (QED) is 0.622. The van der Waals surface area contributed by atoms with Gasteiger partial charge in [0, 0.05) is 32.6 Å². The Labute approximate surface area is 85.0 Å². The fourth-order valence-electron chi connectivity index (χ4n) is 2.19. The first-order valence-electron chi connectivity index (χ1n) is 5.55. The highest BCUT2D eigenvalue weighted by Crippen LogP contribution is 2.11. The van der Waals surface area contributed by atoms with E-state index in [0.717, 1.165) is 39.3 Å². The van der Waals surface area contributed by atoms with E-state index in [4.69, 9.17) is 0 Å².